The minimum atomic E-state index is -1.57. The fourth-order valence-corrected chi connectivity index (χ4v) is 9.46. The van der Waals surface area contributed by atoms with Crippen molar-refractivity contribution in [1.82, 2.24) is 0 Å². The van der Waals surface area contributed by atoms with Gasteiger partial charge in [-0.1, -0.05) is 53.9 Å². The molecule has 0 amide bonds. The van der Waals surface area contributed by atoms with E-state index in [1.165, 1.54) is 19.3 Å². The lowest BCUT2D eigenvalue weighted by molar-refractivity contribution is -0.310. The standard InChI is InChI=1S/C27H48O5/c1-15(2)7-6-8-16(3)19-9-10-20-18-12-23(31)27(32)13-17(28)11-22(30)26(27,5)24(18)21(29)14-25(19,20)4/h15-24,28-32H,6-14H2,1-5H3/t16-,17+,18+,19-,20+,21-,22-,23-,24-,25-,26-,27+/m1/s1. The molecule has 32 heavy (non-hydrogen) atoms. The highest BCUT2D eigenvalue weighted by Crippen LogP contribution is 2.69. The fraction of sp³-hybridized carbons (Fsp3) is 1.00. The molecule has 4 fully saturated rings. The van der Waals surface area contributed by atoms with Gasteiger partial charge in [-0.05, 0) is 73.0 Å². The molecule has 5 heteroatoms. The summed E-state index contributed by atoms with van der Waals surface area (Å²) in [6.07, 6.45) is 4.04. The van der Waals surface area contributed by atoms with Crippen LogP contribution >= 0.6 is 0 Å². The Morgan fingerprint density at radius 3 is 2.22 bits per heavy atom. The summed E-state index contributed by atoms with van der Waals surface area (Å²) in [4.78, 5) is 0. The van der Waals surface area contributed by atoms with Crippen molar-refractivity contribution in [2.75, 3.05) is 0 Å². The Hall–Kier alpha value is -0.200. The average Bonchev–Trinajstić information content (AvgIpc) is 3.01. The zero-order valence-corrected chi connectivity index (χ0v) is 20.9. The molecule has 4 aliphatic rings. The molecule has 4 aliphatic carbocycles. The van der Waals surface area contributed by atoms with Crippen molar-refractivity contribution in [2.45, 2.75) is 122 Å². The summed E-state index contributed by atoms with van der Waals surface area (Å²) < 4.78 is 0. The van der Waals surface area contributed by atoms with E-state index in [0.717, 1.165) is 18.8 Å². The average molecular weight is 453 g/mol. The van der Waals surface area contributed by atoms with Gasteiger partial charge in [0.1, 0.15) is 5.60 Å². The Labute approximate surface area is 194 Å². The van der Waals surface area contributed by atoms with Crippen LogP contribution in [0.5, 0.6) is 0 Å². The summed E-state index contributed by atoms with van der Waals surface area (Å²) in [5.74, 6) is 2.13. The Balaban J connectivity index is 1.61. The van der Waals surface area contributed by atoms with Gasteiger partial charge in [-0.25, -0.2) is 0 Å². The first-order valence-corrected chi connectivity index (χ1v) is 13.3. The molecule has 0 radical (unpaired) electrons. The van der Waals surface area contributed by atoms with Crippen LogP contribution in [0.25, 0.3) is 0 Å². The van der Waals surface area contributed by atoms with E-state index in [1.807, 2.05) is 6.92 Å². The van der Waals surface area contributed by atoms with Gasteiger partial charge in [-0.3, -0.25) is 0 Å². The highest BCUT2D eigenvalue weighted by Gasteiger charge is 2.72. The normalized spacial score (nSPS) is 54.1. The molecule has 4 rings (SSSR count). The molecular formula is C27H48O5. The van der Waals surface area contributed by atoms with Crippen LogP contribution in [0.4, 0.5) is 0 Å². The Morgan fingerprint density at radius 2 is 1.56 bits per heavy atom. The van der Waals surface area contributed by atoms with Crippen molar-refractivity contribution in [1.29, 1.82) is 0 Å². The zero-order chi connectivity index (χ0) is 23.6. The quantitative estimate of drug-likeness (QED) is 0.440. The molecule has 12 atom stereocenters. The maximum atomic E-state index is 11.6. The van der Waals surface area contributed by atoms with Crippen LogP contribution in [-0.2, 0) is 0 Å². The lowest BCUT2D eigenvalue weighted by atomic mass is 9.41. The molecular weight excluding hydrogens is 404 g/mol. The Morgan fingerprint density at radius 1 is 0.875 bits per heavy atom. The van der Waals surface area contributed by atoms with Crippen LogP contribution in [0.1, 0.15) is 92.4 Å². The minimum Gasteiger partial charge on any atom is -0.393 e. The molecule has 0 aromatic rings. The fourth-order valence-electron chi connectivity index (χ4n) is 9.46. The molecule has 4 saturated carbocycles. The van der Waals surface area contributed by atoms with Crippen LogP contribution in [0.2, 0.25) is 0 Å². The molecule has 5 nitrogen and oxygen atoms in total. The van der Waals surface area contributed by atoms with Crippen molar-refractivity contribution in [3.8, 4) is 0 Å². The number of rotatable bonds is 5. The monoisotopic (exact) mass is 452 g/mol. The summed E-state index contributed by atoms with van der Waals surface area (Å²) in [6.45, 7) is 11.2. The molecule has 0 saturated heterocycles. The number of hydrogen-bond donors (Lipinski definition) is 5. The highest BCUT2D eigenvalue weighted by atomic mass is 16.4. The first kappa shape index (κ1) is 24.9. The van der Waals surface area contributed by atoms with Crippen LogP contribution < -0.4 is 0 Å². The van der Waals surface area contributed by atoms with Crippen molar-refractivity contribution in [3.63, 3.8) is 0 Å². The molecule has 0 aliphatic heterocycles. The third-order valence-corrected chi connectivity index (χ3v) is 11.1. The molecule has 0 aromatic heterocycles. The maximum absolute atomic E-state index is 11.6. The van der Waals surface area contributed by atoms with Crippen LogP contribution in [-0.4, -0.2) is 55.5 Å². The van der Waals surface area contributed by atoms with Gasteiger partial charge in [0.2, 0.25) is 0 Å². The van der Waals surface area contributed by atoms with Gasteiger partial charge in [-0.2, -0.15) is 0 Å². The topological polar surface area (TPSA) is 101 Å². The lowest BCUT2D eigenvalue weighted by Crippen LogP contribution is -2.74. The molecule has 0 bridgehead atoms. The van der Waals surface area contributed by atoms with E-state index in [0.29, 0.717) is 30.6 Å². The van der Waals surface area contributed by atoms with Crippen molar-refractivity contribution in [3.05, 3.63) is 0 Å². The van der Waals surface area contributed by atoms with E-state index in [1.54, 1.807) is 0 Å². The van der Waals surface area contributed by atoms with E-state index >= 15 is 0 Å². The van der Waals surface area contributed by atoms with Crippen molar-refractivity contribution >= 4 is 0 Å². The number of aliphatic hydroxyl groups excluding tert-OH is 4. The Kier molecular flexibility index (Phi) is 6.60. The van der Waals surface area contributed by atoms with Crippen LogP contribution in [0.3, 0.4) is 0 Å². The lowest BCUT2D eigenvalue weighted by Gasteiger charge is -2.67. The third kappa shape index (κ3) is 3.52. The van der Waals surface area contributed by atoms with E-state index in [4.69, 9.17) is 0 Å². The minimum absolute atomic E-state index is 0.0303. The van der Waals surface area contributed by atoms with Gasteiger partial charge in [0, 0.05) is 11.8 Å². The van der Waals surface area contributed by atoms with E-state index < -0.39 is 35.4 Å². The molecule has 0 aromatic carbocycles. The molecule has 5 N–H and O–H groups in total. The number of hydrogen-bond acceptors (Lipinski definition) is 5. The van der Waals surface area contributed by atoms with Crippen LogP contribution in [0.15, 0.2) is 0 Å². The van der Waals surface area contributed by atoms with Crippen LogP contribution in [0, 0.1) is 46.3 Å². The first-order valence-electron chi connectivity index (χ1n) is 13.3. The van der Waals surface area contributed by atoms with Gasteiger partial charge >= 0.3 is 0 Å². The number of fused-ring (bicyclic) bond motifs is 5. The molecule has 0 unspecified atom stereocenters. The van der Waals surface area contributed by atoms with Gasteiger partial charge in [-0.15, -0.1) is 0 Å². The first-order chi connectivity index (χ1) is 14.9. The summed E-state index contributed by atoms with van der Waals surface area (Å²) in [7, 11) is 0. The second-order valence-corrected chi connectivity index (χ2v) is 13.1. The van der Waals surface area contributed by atoms with E-state index in [2.05, 4.69) is 27.7 Å². The zero-order valence-electron chi connectivity index (χ0n) is 20.9. The van der Waals surface area contributed by atoms with Crippen molar-refractivity contribution in [2.24, 2.45) is 46.3 Å². The summed E-state index contributed by atoms with van der Waals surface area (Å²) in [6, 6.07) is 0. The second-order valence-electron chi connectivity index (χ2n) is 13.1. The Bertz CT molecular complexity index is 683. The largest absolute Gasteiger partial charge is 0.393 e. The predicted octanol–water partition coefficient (Wildman–Crippen LogP) is 3.50. The van der Waals surface area contributed by atoms with Gasteiger partial charge in [0.05, 0.1) is 24.4 Å². The summed E-state index contributed by atoms with van der Waals surface area (Å²) >= 11 is 0. The van der Waals surface area contributed by atoms with E-state index in [9.17, 15) is 25.5 Å². The summed E-state index contributed by atoms with van der Waals surface area (Å²) in [5.41, 5.74) is -2.55. The highest BCUT2D eigenvalue weighted by molar-refractivity contribution is 5.21. The molecule has 186 valence electrons. The molecule has 0 heterocycles. The third-order valence-electron chi connectivity index (χ3n) is 11.1. The second kappa shape index (κ2) is 8.48. The number of aliphatic hydroxyl groups is 5. The SMILES string of the molecule is CC(C)CCC[C@@H](C)[C@H]1CC[C@H]2[C@@H]3C[C@@H](O)[C@@]4(O)C[C@@H](O)C[C@@H](O)[C@]4(C)[C@H]3[C@H](O)C[C@]12C. The van der Waals surface area contributed by atoms with Crippen molar-refractivity contribution < 1.29 is 25.5 Å². The summed E-state index contributed by atoms with van der Waals surface area (Å²) in [5, 5.41) is 55.8. The van der Waals surface area contributed by atoms with Gasteiger partial charge in [0.15, 0.2) is 0 Å². The maximum Gasteiger partial charge on any atom is 0.101 e. The molecule has 0 spiro atoms. The predicted molar refractivity (Wildman–Crippen MR) is 125 cm³/mol. The van der Waals surface area contributed by atoms with Gasteiger partial charge < -0.3 is 25.5 Å². The van der Waals surface area contributed by atoms with Gasteiger partial charge in [0.25, 0.3) is 0 Å². The van der Waals surface area contributed by atoms with E-state index in [-0.39, 0.29) is 30.1 Å². The smallest absolute Gasteiger partial charge is 0.101 e.